The Bertz CT molecular complexity index is 1190. The average molecular weight is 456 g/mol. The number of ketones is 1. The van der Waals surface area contributed by atoms with Gasteiger partial charge < -0.3 is 14.5 Å². The van der Waals surface area contributed by atoms with Gasteiger partial charge in [0.25, 0.3) is 0 Å². The Hall–Kier alpha value is -3.55. The molecule has 1 N–H and O–H groups in total. The van der Waals surface area contributed by atoms with E-state index < -0.39 is 17.8 Å². The Kier molecular flexibility index (Phi) is 5.78. The van der Waals surface area contributed by atoms with Gasteiger partial charge in [-0.05, 0) is 57.2 Å². The number of Topliss-reactive ketones (excluding diaryl/α,β-unsaturated/α-hetero) is 1. The molecule has 0 radical (unpaired) electrons. The highest BCUT2D eigenvalue weighted by atomic mass is 19.4. The summed E-state index contributed by atoms with van der Waals surface area (Å²) in [6.07, 6.45) is -1.63. The van der Waals surface area contributed by atoms with Gasteiger partial charge in [-0.1, -0.05) is 12.1 Å². The van der Waals surface area contributed by atoms with Gasteiger partial charge in [0, 0.05) is 23.7 Å². The maximum absolute atomic E-state index is 13.1. The predicted octanol–water partition coefficient (Wildman–Crippen LogP) is 5.82. The van der Waals surface area contributed by atoms with Crippen molar-refractivity contribution in [3.8, 4) is 17.2 Å². The van der Waals surface area contributed by atoms with Crippen LogP contribution in [0.3, 0.4) is 0 Å². The lowest BCUT2D eigenvalue weighted by Gasteiger charge is -2.28. The summed E-state index contributed by atoms with van der Waals surface area (Å²) in [6.45, 7) is 5.94. The highest BCUT2D eigenvalue weighted by Gasteiger charge is 2.33. The van der Waals surface area contributed by atoms with Crippen LogP contribution in [0.5, 0.6) is 5.75 Å². The quantitative estimate of drug-likeness (QED) is 0.502. The molecular formula is C25H23F3N2O3. The largest absolute Gasteiger partial charge is 0.484 e. The van der Waals surface area contributed by atoms with Crippen molar-refractivity contribution >= 4 is 5.78 Å². The van der Waals surface area contributed by atoms with Crippen molar-refractivity contribution < 1.29 is 27.1 Å². The van der Waals surface area contributed by atoms with Gasteiger partial charge in [-0.2, -0.15) is 13.2 Å². The molecule has 33 heavy (non-hydrogen) atoms. The fourth-order valence-electron chi connectivity index (χ4n) is 3.40. The summed E-state index contributed by atoms with van der Waals surface area (Å²) in [4.78, 5) is 17.3. The van der Waals surface area contributed by atoms with E-state index in [4.69, 9.17) is 9.15 Å². The number of hydrogen-bond donors (Lipinski definition) is 1. The van der Waals surface area contributed by atoms with E-state index in [1.165, 1.54) is 18.3 Å². The van der Waals surface area contributed by atoms with Crippen LogP contribution in [0, 0.1) is 0 Å². The second-order valence-electron chi connectivity index (χ2n) is 8.84. The van der Waals surface area contributed by atoms with Crippen LogP contribution in [0.15, 0.2) is 70.9 Å². The lowest BCUT2D eigenvalue weighted by atomic mass is 9.93. The molecule has 0 saturated heterocycles. The summed E-state index contributed by atoms with van der Waals surface area (Å²) in [7, 11) is 0. The minimum absolute atomic E-state index is 0.138. The van der Waals surface area contributed by atoms with E-state index in [2.05, 4.69) is 10.3 Å². The van der Waals surface area contributed by atoms with E-state index in [9.17, 15) is 18.0 Å². The molecule has 1 aliphatic rings. The number of hydrogen-bond acceptors (Lipinski definition) is 5. The highest BCUT2D eigenvalue weighted by Crippen LogP contribution is 2.33. The number of oxazole rings is 1. The number of rotatable bonds is 4. The molecule has 172 valence electrons. The van der Waals surface area contributed by atoms with Crippen molar-refractivity contribution in [2.75, 3.05) is 0 Å². The third-order valence-corrected chi connectivity index (χ3v) is 5.07. The maximum atomic E-state index is 13.1. The van der Waals surface area contributed by atoms with Gasteiger partial charge >= 0.3 is 6.18 Å². The van der Waals surface area contributed by atoms with Crippen LogP contribution in [0.25, 0.3) is 11.5 Å². The summed E-state index contributed by atoms with van der Waals surface area (Å²) < 4.78 is 50.3. The summed E-state index contributed by atoms with van der Waals surface area (Å²) in [6, 6.07) is 11.6. The molecule has 5 nitrogen and oxygen atoms in total. The molecule has 2 heterocycles. The Morgan fingerprint density at radius 2 is 1.76 bits per heavy atom. The molecule has 3 aromatic rings. The van der Waals surface area contributed by atoms with Gasteiger partial charge in [-0.25, -0.2) is 4.98 Å². The second-order valence-corrected chi connectivity index (χ2v) is 8.84. The standard InChI is InChI=1S/C25H23F3N2O3/c1-24(2,3)30-14-19-21(33-20-7-5-4-6-18(20)22(19)31)12-17-13-29-23(32-17)15-8-10-16(11-9-15)25(26,27)28/h4-11,13-14,21,30H,12H2,1-3H3/b19-14-. The molecule has 8 heteroatoms. The number of halogens is 3. The zero-order valence-electron chi connectivity index (χ0n) is 18.4. The number of para-hydroxylation sites is 1. The minimum atomic E-state index is -4.41. The summed E-state index contributed by atoms with van der Waals surface area (Å²) in [5.74, 6) is 0.993. The number of carbonyl (C=O) groups excluding carboxylic acids is 1. The molecule has 1 aromatic heterocycles. The summed E-state index contributed by atoms with van der Waals surface area (Å²) >= 11 is 0. The molecule has 0 aliphatic carbocycles. The van der Waals surface area contributed by atoms with E-state index in [0.717, 1.165) is 12.1 Å². The molecular weight excluding hydrogens is 433 g/mol. The molecule has 2 aromatic carbocycles. The molecule has 1 unspecified atom stereocenters. The van der Waals surface area contributed by atoms with E-state index in [1.54, 1.807) is 30.5 Å². The number of aromatic nitrogens is 1. The monoisotopic (exact) mass is 456 g/mol. The molecule has 1 atom stereocenters. The topological polar surface area (TPSA) is 64.4 Å². The molecule has 4 rings (SSSR count). The van der Waals surface area contributed by atoms with Crippen LogP contribution in [-0.2, 0) is 12.6 Å². The normalized spacial score (nSPS) is 17.6. The predicted molar refractivity (Wildman–Crippen MR) is 117 cm³/mol. The van der Waals surface area contributed by atoms with Crippen LogP contribution in [0.2, 0.25) is 0 Å². The van der Waals surface area contributed by atoms with E-state index in [1.807, 2.05) is 20.8 Å². The molecule has 0 fully saturated rings. The van der Waals surface area contributed by atoms with E-state index in [-0.39, 0.29) is 23.6 Å². The third kappa shape index (κ3) is 5.10. The first-order valence-electron chi connectivity index (χ1n) is 10.4. The number of carbonyl (C=O) groups is 1. The highest BCUT2D eigenvalue weighted by molar-refractivity contribution is 6.12. The van der Waals surface area contributed by atoms with Crippen LogP contribution in [-0.4, -0.2) is 22.4 Å². The Morgan fingerprint density at radius 1 is 1.06 bits per heavy atom. The van der Waals surface area contributed by atoms with Crippen molar-refractivity contribution in [2.45, 2.75) is 45.0 Å². The van der Waals surface area contributed by atoms with Crippen LogP contribution in [0.4, 0.5) is 13.2 Å². The van der Waals surface area contributed by atoms with Gasteiger partial charge in [0.1, 0.15) is 17.6 Å². The fraction of sp³-hybridized carbons (Fsp3) is 0.280. The molecule has 1 aliphatic heterocycles. The average Bonchev–Trinajstić information content (AvgIpc) is 3.21. The third-order valence-electron chi connectivity index (χ3n) is 5.07. The lowest BCUT2D eigenvalue weighted by Crippen LogP contribution is -2.37. The molecule has 0 bridgehead atoms. The van der Waals surface area contributed by atoms with Gasteiger partial charge in [0.05, 0.1) is 22.9 Å². The van der Waals surface area contributed by atoms with Crippen molar-refractivity contribution in [3.63, 3.8) is 0 Å². The first-order valence-corrected chi connectivity index (χ1v) is 10.4. The smallest absolute Gasteiger partial charge is 0.416 e. The van der Waals surface area contributed by atoms with Crippen LogP contribution >= 0.6 is 0 Å². The molecule has 0 amide bonds. The first kappa shape index (κ1) is 22.6. The van der Waals surface area contributed by atoms with Gasteiger partial charge in [-0.3, -0.25) is 4.79 Å². The van der Waals surface area contributed by atoms with Gasteiger partial charge in [0.2, 0.25) is 5.89 Å². The van der Waals surface area contributed by atoms with Gasteiger partial charge in [0.15, 0.2) is 5.78 Å². The van der Waals surface area contributed by atoms with Crippen molar-refractivity contribution in [1.29, 1.82) is 0 Å². The lowest BCUT2D eigenvalue weighted by molar-refractivity contribution is -0.137. The first-order chi connectivity index (χ1) is 15.5. The maximum Gasteiger partial charge on any atom is 0.416 e. The fourth-order valence-corrected chi connectivity index (χ4v) is 3.40. The Morgan fingerprint density at radius 3 is 2.42 bits per heavy atom. The zero-order valence-corrected chi connectivity index (χ0v) is 18.4. The van der Waals surface area contributed by atoms with Crippen molar-refractivity contribution in [2.24, 2.45) is 0 Å². The van der Waals surface area contributed by atoms with E-state index in [0.29, 0.717) is 28.2 Å². The number of alkyl halides is 3. The number of fused-ring (bicyclic) bond motifs is 1. The summed E-state index contributed by atoms with van der Waals surface area (Å²) in [5.41, 5.74) is 0.365. The number of nitrogens with zero attached hydrogens (tertiary/aromatic N) is 1. The van der Waals surface area contributed by atoms with Crippen molar-refractivity contribution in [3.05, 3.63) is 83.4 Å². The number of nitrogens with one attached hydrogen (secondary N) is 1. The number of ether oxygens (including phenoxy) is 1. The minimum Gasteiger partial charge on any atom is -0.484 e. The second kappa shape index (κ2) is 8.42. The van der Waals surface area contributed by atoms with Crippen LogP contribution < -0.4 is 10.1 Å². The summed E-state index contributed by atoms with van der Waals surface area (Å²) in [5, 5.41) is 3.22. The van der Waals surface area contributed by atoms with E-state index >= 15 is 0 Å². The Labute approximate surface area is 189 Å². The van der Waals surface area contributed by atoms with Crippen LogP contribution in [0.1, 0.15) is 42.5 Å². The van der Waals surface area contributed by atoms with Gasteiger partial charge in [-0.15, -0.1) is 0 Å². The number of benzene rings is 2. The van der Waals surface area contributed by atoms with Crippen molar-refractivity contribution in [1.82, 2.24) is 10.3 Å². The SMILES string of the molecule is CC(C)(C)N/C=C1\C(=O)c2ccccc2OC1Cc1cnc(-c2ccc(C(F)(F)F)cc2)o1. The zero-order chi connectivity index (χ0) is 23.8. The Balaban J connectivity index is 1.59. The molecule has 0 saturated carbocycles. The molecule has 0 spiro atoms.